The van der Waals surface area contributed by atoms with Gasteiger partial charge in [0.15, 0.2) is 0 Å². The fourth-order valence-electron chi connectivity index (χ4n) is 1.34. The van der Waals surface area contributed by atoms with E-state index < -0.39 is 11.7 Å². The van der Waals surface area contributed by atoms with E-state index in [-0.39, 0.29) is 5.69 Å². The number of benzene rings is 1. The number of methoxy groups -OCH3 is 1. The predicted octanol–water partition coefficient (Wildman–Crippen LogP) is 2.68. The highest BCUT2D eigenvalue weighted by molar-refractivity contribution is 5.46. The number of nitrogen functional groups attached to an aromatic ring is 1. The topological polar surface area (TPSA) is 35.2 Å². The lowest BCUT2D eigenvalue weighted by molar-refractivity contribution is -0.137. The van der Waals surface area contributed by atoms with Gasteiger partial charge in [-0.3, -0.25) is 0 Å². The fourth-order valence-corrected chi connectivity index (χ4v) is 1.34. The number of ether oxygens (including phenoxy) is 1. The molecular formula is C11H13F3NO. The first-order chi connectivity index (χ1) is 7.43. The molecule has 2 nitrogen and oxygen atoms in total. The van der Waals surface area contributed by atoms with Crippen molar-refractivity contribution in [1.82, 2.24) is 0 Å². The van der Waals surface area contributed by atoms with E-state index in [0.29, 0.717) is 18.6 Å². The number of nitrogens with two attached hydrogens (primary N) is 1. The third-order valence-electron chi connectivity index (χ3n) is 2.01. The number of rotatable bonds is 4. The Morgan fingerprint density at radius 1 is 1.31 bits per heavy atom. The van der Waals surface area contributed by atoms with Crippen molar-refractivity contribution in [2.75, 3.05) is 19.5 Å². The van der Waals surface area contributed by atoms with Gasteiger partial charge in [0.25, 0.3) is 0 Å². The van der Waals surface area contributed by atoms with Gasteiger partial charge in [-0.25, -0.2) is 0 Å². The Morgan fingerprint density at radius 2 is 2.00 bits per heavy atom. The Labute approximate surface area is 92.2 Å². The minimum absolute atomic E-state index is 0.121. The number of hydrogen-bond acceptors (Lipinski definition) is 2. The molecule has 0 bridgehead atoms. The molecule has 0 aliphatic carbocycles. The van der Waals surface area contributed by atoms with Crippen LogP contribution >= 0.6 is 0 Å². The average Bonchev–Trinajstić information content (AvgIpc) is 2.16. The van der Waals surface area contributed by atoms with Crippen LogP contribution in [0.5, 0.6) is 0 Å². The standard InChI is InChI=1S/C11H13F3NO/c1-16-4-2-3-8-5-9(11(12,13)14)7-10(15)6-8/h2,5-7H,3-4,15H2,1H3. The molecular weight excluding hydrogens is 219 g/mol. The molecule has 0 fully saturated rings. The Bertz CT molecular complexity index is 350. The quantitative estimate of drug-likeness (QED) is 0.639. The Kier molecular flexibility index (Phi) is 4.18. The largest absolute Gasteiger partial charge is 0.416 e. The van der Waals surface area contributed by atoms with Crippen LogP contribution in [0.1, 0.15) is 11.1 Å². The molecule has 1 aromatic rings. The van der Waals surface area contributed by atoms with Crippen molar-refractivity contribution < 1.29 is 17.9 Å². The lowest BCUT2D eigenvalue weighted by Gasteiger charge is -2.10. The molecule has 0 heterocycles. The summed E-state index contributed by atoms with van der Waals surface area (Å²) in [6, 6.07) is 3.56. The average molecular weight is 232 g/mol. The minimum Gasteiger partial charge on any atom is -0.399 e. The van der Waals surface area contributed by atoms with Gasteiger partial charge in [-0.1, -0.05) is 0 Å². The maximum absolute atomic E-state index is 12.4. The highest BCUT2D eigenvalue weighted by atomic mass is 19.4. The molecule has 1 rings (SSSR count). The van der Waals surface area contributed by atoms with Crippen molar-refractivity contribution in [2.24, 2.45) is 0 Å². The highest BCUT2D eigenvalue weighted by Gasteiger charge is 2.30. The molecule has 2 N–H and O–H groups in total. The summed E-state index contributed by atoms with van der Waals surface area (Å²) in [5.41, 5.74) is 5.35. The van der Waals surface area contributed by atoms with Crippen molar-refractivity contribution in [1.29, 1.82) is 0 Å². The lowest BCUT2D eigenvalue weighted by atomic mass is 10.1. The summed E-state index contributed by atoms with van der Waals surface area (Å²) in [7, 11) is 1.52. The molecule has 16 heavy (non-hydrogen) atoms. The van der Waals surface area contributed by atoms with E-state index in [1.54, 1.807) is 6.42 Å². The molecule has 0 unspecified atom stereocenters. The molecule has 1 aromatic carbocycles. The van der Waals surface area contributed by atoms with Crippen molar-refractivity contribution in [3.05, 3.63) is 35.7 Å². The molecule has 89 valence electrons. The Hall–Kier alpha value is -1.23. The van der Waals surface area contributed by atoms with Crippen molar-refractivity contribution in [3.63, 3.8) is 0 Å². The summed E-state index contributed by atoms with van der Waals surface area (Å²) in [5.74, 6) is 0. The Balaban J connectivity index is 2.82. The van der Waals surface area contributed by atoms with E-state index in [1.165, 1.54) is 13.2 Å². The van der Waals surface area contributed by atoms with E-state index in [4.69, 9.17) is 10.5 Å². The van der Waals surface area contributed by atoms with Gasteiger partial charge in [0, 0.05) is 19.4 Å². The van der Waals surface area contributed by atoms with Gasteiger partial charge < -0.3 is 10.5 Å². The van der Waals surface area contributed by atoms with Gasteiger partial charge in [-0.2, -0.15) is 13.2 Å². The monoisotopic (exact) mass is 232 g/mol. The van der Waals surface area contributed by atoms with Gasteiger partial charge in [0.1, 0.15) is 0 Å². The van der Waals surface area contributed by atoms with Gasteiger partial charge in [0.2, 0.25) is 0 Å². The second-order valence-electron chi connectivity index (χ2n) is 3.41. The number of hydrogen-bond donors (Lipinski definition) is 1. The smallest absolute Gasteiger partial charge is 0.399 e. The van der Waals surface area contributed by atoms with Crippen LogP contribution in [0.4, 0.5) is 18.9 Å². The van der Waals surface area contributed by atoms with E-state index in [9.17, 15) is 13.2 Å². The van der Waals surface area contributed by atoms with Crippen LogP contribution in [-0.4, -0.2) is 13.7 Å². The normalized spacial score (nSPS) is 11.8. The molecule has 0 atom stereocenters. The summed E-state index contributed by atoms with van der Waals surface area (Å²) in [4.78, 5) is 0. The molecule has 0 spiro atoms. The first-order valence-corrected chi connectivity index (χ1v) is 4.70. The first kappa shape index (κ1) is 12.8. The van der Waals surface area contributed by atoms with Crippen LogP contribution < -0.4 is 5.73 Å². The molecule has 0 amide bonds. The molecule has 5 heteroatoms. The molecule has 0 aromatic heterocycles. The van der Waals surface area contributed by atoms with Gasteiger partial charge in [0.05, 0.1) is 5.56 Å². The van der Waals surface area contributed by atoms with Crippen molar-refractivity contribution in [2.45, 2.75) is 12.6 Å². The summed E-state index contributed by atoms with van der Waals surface area (Å²) in [6.07, 6.45) is -2.21. The zero-order valence-electron chi connectivity index (χ0n) is 8.84. The van der Waals surface area contributed by atoms with Crippen LogP contribution in [0.3, 0.4) is 0 Å². The number of alkyl halides is 3. The lowest BCUT2D eigenvalue weighted by Crippen LogP contribution is -2.07. The second-order valence-corrected chi connectivity index (χ2v) is 3.41. The van der Waals surface area contributed by atoms with E-state index >= 15 is 0 Å². The third kappa shape index (κ3) is 3.73. The maximum atomic E-state index is 12.4. The second kappa shape index (κ2) is 5.21. The van der Waals surface area contributed by atoms with Crippen LogP contribution in [-0.2, 0) is 17.3 Å². The van der Waals surface area contributed by atoms with E-state index in [2.05, 4.69) is 0 Å². The minimum atomic E-state index is -4.36. The van der Waals surface area contributed by atoms with Gasteiger partial charge >= 0.3 is 6.18 Å². The van der Waals surface area contributed by atoms with Gasteiger partial charge in [-0.05, 0) is 36.6 Å². The molecule has 1 radical (unpaired) electrons. The summed E-state index contributed by atoms with van der Waals surface area (Å²) >= 11 is 0. The highest BCUT2D eigenvalue weighted by Crippen LogP contribution is 2.31. The van der Waals surface area contributed by atoms with Crippen molar-refractivity contribution in [3.8, 4) is 0 Å². The van der Waals surface area contributed by atoms with E-state index in [1.807, 2.05) is 0 Å². The molecule has 0 saturated heterocycles. The van der Waals surface area contributed by atoms with Crippen LogP contribution in [0.15, 0.2) is 18.2 Å². The first-order valence-electron chi connectivity index (χ1n) is 4.70. The third-order valence-corrected chi connectivity index (χ3v) is 2.01. The summed E-state index contributed by atoms with van der Waals surface area (Å²) < 4.78 is 42.1. The predicted molar refractivity (Wildman–Crippen MR) is 55.7 cm³/mol. The van der Waals surface area contributed by atoms with Crippen LogP contribution in [0.2, 0.25) is 0 Å². The van der Waals surface area contributed by atoms with Gasteiger partial charge in [-0.15, -0.1) is 0 Å². The molecule has 0 aliphatic rings. The summed E-state index contributed by atoms with van der Waals surface area (Å²) in [5, 5.41) is 0. The van der Waals surface area contributed by atoms with Crippen molar-refractivity contribution >= 4 is 5.69 Å². The molecule has 0 saturated carbocycles. The molecule has 0 aliphatic heterocycles. The zero-order chi connectivity index (χ0) is 12.2. The zero-order valence-corrected chi connectivity index (χ0v) is 8.84. The Morgan fingerprint density at radius 3 is 2.56 bits per heavy atom. The van der Waals surface area contributed by atoms with Crippen LogP contribution in [0.25, 0.3) is 0 Å². The number of halogens is 3. The maximum Gasteiger partial charge on any atom is 0.416 e. The number of anilines is 1. The SMILES string of the molecule is COC[CH]Cc1cc(N)cc(C(F)(F)F)c1. The summed E-state index contributed by atoms with van der Waals surface area (Å²) in [6.45, 7) is 0.399. The van der Waals surface area contributed by atoms with Crippen LogP contribution in [0, 0.1) is 6.42 Å². The van der Waals surface area contributed by atoms with E-state index in [0.717, 1.165) is 12.1 Å². The fraction of sp³-hybridized carbons (Fsp3) is 0.364.